The lowest BCUT2D eigenvalue weighted by molar-refractivity contribution is -0.138. The molecule has 2 unspecified atom stereocenters. The fourth-order valence-electron chi connectivity index (χ4n) is 5.36. The zero-order chi connectivity index (χ0) is 20.5. The second kappa shape index (κ2) is 6.12. The highest BCUT2D eigenvalue weighted by Crippen LogP contribution is 2.52. The van der Waals surface area contributed by atoms with Gasteiger partial charge in [0.05, 0.1) is 22.7 Å². The van der Waals surface area contributed by atoms with E-state index in [9.17, 15) is 18.0 Å². The van der Waals surface area contributed by atoms with Crippen LogP contribution in [0.2, 0.25) is 5.02 Å². The van der Waals surface area contributed by atoms with Gasteiger partial charge in [0.1, 0.15) is 0 Å². The number of imidazole rings is 1. The molecule has 0 spiro atoms. The van der Waals surface area contributed by atoms with Gasteiger partial charge in [0.25, 0.3) is 0 Å². The lowest BCUT2D eigenvalue weighted by Crippen LogP contribution is -2.38. The molecule has 1 aliphatic heterocycles. The maximum Gasteiger partial charge on any atom is 0.417 e. The molecule has 1 aliphatic carbocycles. The van der Waals surface area contributed by atoms with Gasteiger partial charge in [-0.15, -0.1) is 0 Å². The van der Waals surface area contributed by atoms with Crippen LogP contribution in [0.1, 0.15) is 51.3 Å². The van der Waals surface area contributed by atoms with Crippen LogP contribution in [0.25, 0.3) is 5.65 Å². The standard InChI is InChI=1S/C20H23ClF3N3O/c1-18(2)6-14-7-19(3,10-18)11-27(14)16(28)5-13-9-26-8-12(20(22,23)24)4-15(21)17(26)25-13/h4,8-9,14H,5-7,10-11H2,1-3H3. The molecule has 1 saturated carbocycles. The third-order valence-corrected chi connectivity index (χ3v) is 6.23. The van der Waals surface area contributed by atoms with Crippen molar-refractivity contribution in [1.29, 1.82) is 0 Å². The molecule has 2 atom stereocenters. The summed E-state index contributed by atoms with van der Waals surface area (Å²) in [5.41, 5.74) is 0.148. The lowest BCUT2D eigenvalue weighted by atomic mass is 9.65. The number of rotatable bonds is 2. The molecule has 1 saturated heterocycles. The van der Waals surface area contributed by atoms with Crippen LogP contribution < -0.4 is 0 Å². The SMILES string of the molecule is CC1(C)CC2CC(C)(CN2C(=O)Cc2cn3cc(C(F)(F)F)cc(Cl)c3n2)C1. The van der Waals surface area contributed by atoms with Gasteiger partial charge in [-0.2, -0.15) is 13.2 Å². The predicted octanol–water partition coefficient (Wildman–Crippen LogP) is 4.98. The lowest BCUT2D eigenvalue weighted by Gasteiger charge is -2.39. The molecule has 2 aliphatic rings. The third-order valence-electron chi connectivity index (χ3n) is 5.95. The van der Waals surface area contributed by atoms with Crippen LogP contribution in [0.15, 0.2) is 18.5 Å². The molecule has 152 valence electrons. The number of pyridine rings is 1. The van der Waals surface area contributed by atoms with Crippen molar-refractivity contribution in [3.05, 3.63) is 34.7 Å². The van der Waals surface area contributed by atoms with Crippen molar-refractivity contribution >= 4 is 23.2 Å². The minimum Gasteiger partial charge on any atom is -0.339 e. The topological polar surface area (TPSA) is 37.6 Å². The zero-order valence-corrected chi connectivity index (χ0v) is 16.9. The van der Waals surface area contributed by atoms with E-state index in [0.29, 0.717) is 5.69 Å². The Morgan fingerprint density at radius 1 is 1.29 bits per heavy atom. The second-order valence-corrected chi connectivity index (χ2v) is 9.86. The summed E-state index contributed by atoms with van der Waals surface area (Å²) in [4.78, 5) is 19.2. The molecule has 0 aromatic carbocycles. The number of nitrogens with zero attached hydrogens (tertiary/aromatic N) is 3. The Hall–Kier alpha value is -1.76. The van der Waals surface area contributed by atoms with Crippen molar-refractivity contribution in [2.75, 3.05) is 6.54 Å². The predicted molar refractivity (Wildman–Crippen MR) is 100 cm³/mol. The summed E-state index contributed by atoms with van der Waals surface area (Å²) in [6, 6.07) is 1.08. The minimum absolute atomic E-state index is 0.0259. The molecule has 2 fully saturated rings. The molecule has 2 aromatic rings. The monoisotopic (exact) mass is 413 g/mol. The van der Waals surface area contributed by atoms with E-state index in [1.54, 1.807) is 0 Å². The van der Waals surface area contributed by atoms with Crippen molar-refractivity contribution in [3.63, 3.8) is 0 Å². The zero-order valence-electron chi connectivity index (χ0n) is 16.1. The molecule has 0 N–H and O–H groups in total. The Balaban J connectivity index is 1.57. The van der Waals surface area contributed by atoms with Gasteiger partial charge in [-0.3, -0.25) is 4.79 Å². The first kappa shape index (κ1) is 19.6. The number of carbonyl (C=O) groups excluding carboxylic acids is 1. The Bertz CT molecular complexity index is 952. The van der Waals surface area contributed by atoms with Crippen molar-refractivity contribution < 1.29 is 18.0 Å². The Kier molecular flexibility index (Phi) is 4.27. The number of carbonyl (C=O) groups is 1. The number of hydrogen-bond acceptors (Lipinski definition) is 2. The first-order chi connectivity index (χ1) is 12.9. The molecule has 3 heterocycles. The van der Waals surface area contributed by atoms with Gasteiger partial charge < -0.3 is 9.30 Å². The van der Waals surface area contributed by atoms with Crippen LogP contribution in [0, 0.1) is 10.8 Å². The van der Waals surface area contributed by atoms with E-state index in [0.717, 1.165) is 38.1 Å². The molecule has 0 radical (unpaired) electrons. The first-order valence-electron chi connectivity index (χ1n) is 9.39. The van der Waals surface area contributed by atoms with Gasteiger partial charge in [0, 0.05) is 25.0 Å². The summed E-state index contributed by atoms with van der Waals surface area (Å²) in [5.74, 6) is -0.0259. The van der Waals surface area contributed by atoms with E-state index in [1.807, 2.05) is 4.90 Å². The molecule has 1 amide bonds. The van der Waals surface area contributed by atoms with E-state index in [-0.39, 0.29) is 39.9 Å². The second-order valence-electron chi connectivity index (χ2n) is 9.45. The van der Waals surface area contributed by atoms with E-state index in [4.69, 9.17) is 11.6 Å². The largest absolute Gasteiger partial charge is 0.417 e. The van der Waals surface area contributed by atoms with Crippen LogP contribution in [0.5, 0.6) is 0 Å². The Labute approximate surface area is 166 Å². The fraction of sp³-hybridized carbons (Fsp3) is 0.600. The summed E-state index contributed by atoms with van der Waals surface area (Å²) in [7, 11) is 0. The van der Waals surface area contributed by atoms with E-state index >= 15 is 0 Å². The highest BCUT2D eigenvalue weighted by Gasteiger charge is 2.50. The molecular weight excluding hydrogens is 391 g/mol. The molecule has 4 rings (SSSR count). The van der Waals surface area contributed by atoms with Gasteiger partial charge in [-0.05, 0) is 36.2 Å². The summed E-state index contributed by atoms with van der Waals surface area (Å²) >= 11 is 5.99. The number of aromatic nitrogens is 2. The number of amides is 1. The highest BCUT2D eigenvalue weighted by atomic mass is 35.5. The maximum absolute atomic E-state index is 13.0. The van der Waals surface area contributed by atoms with Gasteiger partial charge in [-0.1, -0.05) is 32.4 Å². The number of fused-ring (bicyclic) bond motifs is 3. The number of likely N-dealkylation sites (tertiary alicyclic amines) is 1. The van der Waals surface area contributed by atoms with Crippen molar-refractivity contribution in [3.8, 4) is 0 Å². The molecule has 2 bridgehead atoms. The van der Waals surface area contributed by atoms with Crippen LogP contribution in [0.4, 0.5) is 13.2 Å². The van der Waals surface area contributed by atoms with Crippen LogP contribution in [0.3, 0.4) is 0 Å². The molecular formula is C20H23ClF3N3O. The first-order valence-corrected chi connectivity index (χ1v) is 9.77. The summed E-state index contributed by atoms with van der Waals surface area (Å²) in [6.45, 7) is 7.45. The summed E-state index contributed by atoms with van der Waals surface area (Å²) in [6.07, 6.45) is 1.05. The quantitative estimate of drug-likeness (QED) is 0.696. The molecule has 4 nitrogen and oxygen atoms in total. The van der Waals surface area contributed by atoms with Crippen LogP contribution in [-0.4, -0.2) is 32.8 Å². The Morgan fingerprint density at radius 3 is 2.68 bits per heavy atom. The molecule has 28 heavy (non-hydrogen) atoms. The van der Waals surface area contributed by atoms with Crippen LogP contribution in [-0.2, 0) is 17.4 Å². The molecule has 2 aromatic heterocycles. The number of hydrogen-bond donors (Lipinski definition) is 0. The Morgan fingerprint density at radius 2 is 2.00 bits per heavy atom. The third kappa shape index (κ3) is 3.49. The smallest absolute Gasteiger partial charge is 0.339 e. The van der Waals surface area contributed by atoms with Gasteiger partial charge >= 0.3 is 6.18 Å². The average molecular weight is 414 g/mol. The van der Waals surface area contributed by atoms with Crippen molar-refractivity contribution in [2.24, 2.45) is 10.8 Å². The van der Waals surface area contributed by atoms with Crippen molar-refractivity contribution in [2.45, 2.75) is 58.7 Å². The van der Waals surface area contributed by atoms with E-state index in [1.165, 1.54) is 10.6 Å². The van der Waals surface area contributed by atoms with Crippen LogP contribution >= 0.6 is 11.6 Å². The number of halogens is 4. The van der Waals surface area contributed by atoms with Gasteiger partial charge in [0.2, 0.25) is 5.91 Å². The highest BCUT2D eigenvalue weighted by molar-refractivity contribution is 6.33. The summed E-state index contributed by atoms with van der Waals surface area (Å²) < 4.78 is 40.2. The van der Waals surface area contributed by atoms with Gasteiger partial charge in [0.15, 0.2) is 5.65 Å². The minimum atomic E-state index is -4.49. The number of alkyl halides is 3. The van der Waals surface area contributed by atoms with E-state index < -0.39 is 11.7 Å². The maximum atomic E-state index is 13.0. The summed E-state index contributed by atoms with van der Waals surface area (Å²) in [5, 5.41) is -0.0835. The average Bonchev–Trinajstić information content (AvgIpc) is 3.03. The van der Waals surface area contributed by atoms with E-state index in [2.05, 4.69) is 25.8 Å². The normalized spacial score (nSPS) is 26.8. The van der Waals surface area contributed by atoms with Crippen molar-refractivity contribution in [1.82, 2.24) is 14.3 Å². The van der Waals surface area contributed by atoms with Gasteiger partial charge in [-0.25, -0.2) is 4.98 Å². The molecule has 8 heteroatoms. The fourth-order valence-corrected chi connectivity index (χ4v) is 5.61.